The molecule has 6 heteroatoms. The van der Waals surface area contributed by atoms with Gasteiger partial charge in [0.05, 0.1) is 13.0 Å². The highest BCUT2D eigenvalue weighted by molar-refractivity contribution is 5.66. The zero-order chi connectivity index (χ0) is 13.0. The molecule has 0 saturated heterocycles. The molecular formula is C12H13N3O3. The molecule has 0 aliphatic heterocycles. The summed E-state index contributed by atoms with van der Waals surface area (Å²) in [6.45, 7) is -0.0376. The molecule has 2 rings (SSSR count). The van der Waals surface area contributed by atoms with Crippen LogP contribution in [0.2, 0.25) is 0 Å². The third-order valence-electron chi connectivity index (χ3n) is 2.48. The number of nitrogens with one attached hydrogen (secondary N) is 1. The number of aromatic amines is 1. The van der Waals surface area contributed by atoms with Crippen molar-refractivity contribution in [2.75, 3.05) is 0 Å². The number of aromatic nitrogens is 3. The van der Waals surface area contributed by atoms with Crippen LogP contribution < -0.4 is 0 Å². The predicted molar refractivity (Wildman–Crippen MR) is 63.7 cm³/mol. The fraction of sp³-hybridized carbons (Fsp3) is 0.250. The Morgan fingerprint density at radius 1 is 1.39 bits per heavy atom. The first-order chi connectivity index (χ1) is 8.69. The van der Waals surface area contributed by atoms with Crippen LogP contribution >= 0.6 is 0 Å². The topological polar surface area (TPSA) is 99.1 Å². The van der Waals surface area contributed by atoms with Crippen molar-refractivity contribution in [3.8, 4) is 11.4 Å². The minimum atomic E-state index is -0.866. The van der Waals surface area contributed by atoms with Crippen molar-refractivity contribution in [2.24, 2.45) is 0 Å². The van der Waals surface area contributed by atoms with Gasteiger partial charge in [-0.1, -0.05) is 18.2 Å². The molecule has 0 saturated carbocycles. The molecule has 0 spiro atoms. The van der Waals surface area contributed by atoms with E-state index in [1.165, 1.54) is 0 Å². The number of aliphatic hydroxyl groups excluding tert-OH is 1. The molecule has 0 aliphatic carbocycles. The number of H-pyrrole nitrogens is 1. The van der Waals surface area contributed by atoms with E-state index >= 15 is 0 Å². The van der Waals surface area contributed by atoms with Crippen molar-refractivity contribution >= 4 is 5.97 Å². The summed E-state index contributed by atoms with van der Waals surface area (Å²) < 4.78 is 0. The average Bonchev–Trinajstić information content (AvgIpc) is 2.85. The molecule has 0 amide bonds. The summed E-state index contributed by atoms with van der Waals surface area (Å²) in [6, 6.07) is 7.25. The van der Waals surface area contributed by atoms with Crippen molar-refractivity contribution in [1.29, 1.82) is 0 Å². The first-order valence-electron chi connectivity index (χ1n) is 5.52. The van der Waals surface area contributed by atoms with Gasteiger partial charge in [-0.2, -0.15) is 5.10 Å². The Balaban J connectivity index is 2.15. The fourth-order valence-corrected chi connectivity index (χ4v) is 1.57. The SMILES string of the molecule is O=C(O)CCc1nc(-c2cccc(CO)c2)n[nH]1. The molecule has 1 aromatic heterocycles. The number of hydrogen-bond donors (Lipinski definition) is 3. The summed E-state index contributed by atoms with van der Waals surface area (Å²) in [5.74, 6) is 0.183. The normalized spacial score (nSPS) is 10.5. The van der Waals surface area contributed by atoms with E-state index in [9.17, 15) is 4.79 Å². The lowest BCUT2D eigenvalue weighted by Crippen LogP contribution is -1.98. The summed E-state index contributed by atoms with van der Waals surface area (Å²) in [6.07, 6.45) is 0.341. The highest BCUT2D eigenvalue weighted by atomic mass is 16.4. The third kappa shape index (κ3) is 2.92. The Bertz CT molecular complexity index is 551. The maximum atomic E-state index is 10.4. The minimum Gasteiger partial charge on any atom is -0.481 e. The molecule has 3 N–H and O–H groups in total. The monoisotopic (exact) mass is 247 g/mol. The quantitative estimate of drug-likeness (QED) is 0.731. The van der Waals surface area contributed by atoms with Crippen molar-refractivity contribution in [3.63, 3.8) is 0 Å². The van der Waals surface area contributed by atoms with Crippen LogP contribution in [0.1, 0.15) is 17.8 Å². The lowest BCUT2D eigenvalue weighted by atomic mass is 10.1. The van der Waals surface area contributed by atoms with E-state index in [0.29, 0.717) is 18.1 Å². The van der Waals surface area contributed by atoms with E-state index in [-0.39, 0.29) is 13.0 Å². The van der Waals surface area contributed by atoms with Crippen LogP contribution in [0.3, 0.4) is 0 Å². The Morgan fingerprint density at radius 3 is 2.94 bits per heavy atom. The van der Waals surface area contributed by atoms with Crippen molar-refractivity contribution in [3.05, 3.63) is 35.7 Å². The molecule has 0 radical (unpaired) electrons. The van der Waals surface area contributed by atoms with Gasteiger partial charge >= 0.3 is 5.97 Å². The zero-order valence-corrected chi connectivity index (χ0v) is 9.63. The number of nitrogens with zero attached hydrogens (tertiary/aromatic N) is 2. The maximum absolute atomic E-state index is 10.4. The second-order valence-corrected chi connectivity index (χ2v) is 3.86. The van der Waals surface area contributed by atoms with E-state index < -0.39 is 5.97 Å². The second-order valence-electron chi connectivity index (χ2n) is 3.86. The van der Waals surface area contributed by atoms with Gasteiger partial charge in [0.25, 0.3) is 0 Å². The van der Waals surface area contributed by atoms with Gasteiger partial charge in [-0.3, -0.25) is 9.89 Å². The number of aliphatic carboxylic acids is 1. The van der Waals surface area contributed by atoms with Crippen molar-refractivity contribution < 1.29 is 15.0 Å². The third-order valence-corrected chi connectivity index (χ3v) is 2.48. The average molecular weight is 247 g/mol. The number of carboxylic acids is 1. The number of rotatable bonds is 5. The van der Waals surface area contributed by atoms with Crippen molar-refractivity contribution in [1.82, 2.24) is 15.2 Å². The molecule has 2 aromatic rings. The molecule has 0 aliphatic rings. The van der Waals surface area contributed by atoms with E-state index in [1.807, 2.05) is 18.2 Å². The first kappa shape index (κ1) is 12.3. The molecule has 0 fully saturated rings. The predicted octanol–water partition coefficient (Wildman–Crippen LogP) is 0.981. The molecule has 1 heterocycles. The number of benzene rings is 1. The molecule has 0 unspecified atom stereocenters. The van der Waals surface area contributed by atoms with Crippen LogP contribution in [-0.4, -0.2) is 31.4 Å². The lowest BCUT2D eigenvalue weighted by Gasteiger charge is -1.98. The molecule has 1 aromatic carbocycles. The number of hydrogen-bond acceptors (Lipinski definition) is 4. The van der Waals surface area contributed by atoms with Gasteiger partial charge in [0.2, 0.25) is 0 Å². The molecule has 18 heavy (non-hydrogen) atoms. The van der Waals surface area contributed by atoms with Crippen LogP contribution in [0.15, 0.2) is 24.3 Å². The van der Waals surface area contributed by atoms with Gasteiger partial charge in [0, 0.05) is 12.0 Å². The van der Waals surface area contributed by atoms with Gasteiger partial charge in [0.15, 0.2) is 5.82 Å². The van der Waals surface area contributed by atoms with E-state index in [4.69, 9.17) is 10.2 Å². The molecule has 6 nitrogen and oxygen atoms in total. The summed E-state index contributed by atoms with van der Waals surface area (Å²) in [5.41, 5.74) is 1.57. The fourth-order valence-electron chi connectivity index (χ4n) is 1.57. The van der Waals surface area contributed by atoms with Crippen molar-refractivity contribution in [2.45, 2.75) is 19.4 Å². The Kier molecular flexibility index (Phi) is 3.69. The van der Waals surface area contributed by atoms with E-state index in [1.54, 1.807) is 6.07 Å². The van der Waals surface area contributed by atoms with Gasteiger partial charge in [-0.05, 0) is 11.6 Å². The van der Waals surface area contributed by atoms with E-state index in [2.05, 4.69) is 15.2 Å². The summed E-state index contributed by atoms with van der Waals surface area (Å²) in [7, 11) is 0. The lowest BCUT2D eigenvalue weighted by molar-refractivity contribution is -0.137. The Morgan fingerprint density at radius 2 is 2.22 bits per heavy atom. The highest BCUT2D eigenvalue weighted by Crippen LogP contribution is 2.16. The van der Waals surface area contributed by atoms with Crippen LogP contribution in [-0.2, 0) is 17.8 Å². The Hall–Kier alpha value is -2.21. The molecule has 94 valence electrons. The number of carboxylic acid groups (broad SMARTS) is 1. The van der Waals surface area contributed by atoms with Gasteiger partial charge < -0.3 is 10.2 Å². The summed E-state index contributed by atoms with van der Waals surface area (Å²) in [4.78, 5) is 14.7. The van der Waals surface area contributed by atoms with Gasteiger partial charge in [0.1, 0.15) is 5.82 Å². The maximum Gasteiger partial charge on any atom is 0.303 e. The largest absolute Gasteiger partial charge is 0.481 e. The van der Waals surface area contributed by atoms with Crippen LogP contribution in [0, 0.1) is 0 Å². The van der Waals surface area contributed by atoms with Gasteiger partial charge in [-0.25, -0.2) is 4.98 Å². The molecule has 0 atom stereocenters. The van der Waals surface area contributed by atoms with Crippen LogP contribution in [0.4, 0.5) is 0 Å². The molecule has 0 bridgehead atoms. The number of aryl methyl sites for hydroxylation is 1. The number of aliphatic hydroxyl groups is 1. The minimum absolute atomic E-state index is 0.0192. The van der Waals surface area contributed by atoms with E-state index in [0.717, 1.165) is 11.1 Å². The smallest absolute Gasteiger partial charge is 0.303 e. The summed E-state index contributed by atoms with van der Waals surface area (Å²) >= 11 is 0. The first-order valence-corrected chi connectivity index (χ1v) is 5.52. The van der Waals surface area contributed by atoms with Crippen LogP contribution in [0.25, 0.3) is 11.4 Å². The van der Waals surface area contributed by atoms with Crippen LogP contribution in [0.5, 0.6) is 0 Å². The summed E-state index contributed by atoms with van der Waals surface area (Å²) in [5, 5.41) is 24.4. The van der Waals surface area contributed by atoms with Gasteiger partial charge in [-0.15, -0.1) is 0 Å². The molecular weight excluding hydrogens is 234 g/mol. The zero-order valence-electron chi connectivity index (χ0n) is 9.63. The number of carbonyl (C=O) groups is 1. The second kappa shape index (κ2) is 5.42. The Labute approximate surface area is 103 Å². The highest BCUT2D eigenvalue weighted by Gasteiger charge is 2.07. The standard InChI is InChI=1S/C12H13N3O3/c16-7-8-2-1-3-9(6-8)12-13-10(14-15-12)4-5-11(17)18/h1-3,6,16H,4-5,7H2,(H,17,18)(H,13,14,15).